The predicted molar refractivity (Wildman–Crippen MR) is 58.2 cm³/mol. The summed E-state index contributed by atoms with van der Waals surface area (Å²) in [5.74, 6) is 0. The SMILES string of the molecule is C[N+](C)(C)CCO.P.[Ca+2].[Fe].[H-].[H-].[H-].[H-].[H-].[Mg+2].[Na+]. The van der Waals surface area contributed by atoms with Gasteiger partial charge in [-0.05, 0) is 0 Å². The number of hydrogen-bond acceptors (Lipinski definition) is 1. The molecule has 0 rings (SSSR count). The molecule has 0 aromatic rings. The van der Waals surface area contributed by atoms with E-state index in [1.54, 1.807) is 0 Å². The molecule has 0 aliphatic heterocycles. The Morgan fingerprint density at radius 2 is 1.50 bits per heavy atom. The van der Waals surface area contributed by atoms with Crippen molar-refractivity contribution in [3.05, 3.63) is 0 Å². The second-order valence-electron chi connectivity index (χ2n) is 2.74. The zero-order valence-corrected chi connectivity index (χ0v) is 16.9. The van der Waals surface area contributed by atoms with E-state index in [9.17, 15) is 0 Å². The van der Waals surface area contributed by atoms with E-state index in [0.717, 1.165) is 11.0 Å². The molecule has 1 N–H and O–H groups in total. The van der Waals surface area contributed by atoms with Gasteiger partial charge in [0.25, 0.3) is 0 Å². The van der Waals surface area contributed by atoms with Crippen LogP contribution in [0.4, 0.5) is 0 Å². The predicted octanol–water partition coefficient (Wildman–Crippen LogP) is -3.45. The van der Waals surface area contributed by atoms with Crippen LogP contribution in [0.15, 0.2) is 0 Å². The molecule has 1 unspecified atom stereocenters. The van der Waals surface area contributed by atoms with Crippen LogP contribution in [0.1, 0.15) is 7.13 Å². The molecule has 0 saturated heterocycles. The zero-order chi connectivity index (χ0) is 5.91. The Morgan fingerprint density at radius 3 is 1.50 bits per heavy atom. The summed E-state index contributed by atoms with van der Waals surface area (Å²) in [4.78, 5) is 0. The molecule has 0 aliphatic carbocycles. The van der Waals surface area contributed by atoms with Gasteiger partial charge in [0.1, 0.15) is 6.54 Å². The molecule has 2 nitrogen and oxygen atoms in total. The smallest absolute Gasteiger partial charge is 1.00 e. The molecule has 0 heterocycles. The Balaban J connectivity index is -0.00000000400. The van der Waals surface area contributed by atoms with E-state index >= 15 is 0 Å². The van der Waals surface area contributed by atoms with Crippen molar-refractivity contribution in [2.24, 2.45) is 0 Å². The van der Waals surface area contributed by atoms with E-state index in [2.05, 4.69) is 21.1 Å². The van der Waals surface area contributed by atoms with E-state index in [1.165, 1.54) is 0 Å². The molecule has 0 bridgehead atoms. The average molecular weight is 286 g/mol. The van der Waals surface area contributed by atoms with Crippen LogP contribution in [-0.2, 0) is 17.1 Å². The summed E-state index contributed by atoms with van der Waals surface area (Å²) in [6, 6.07) is 0. The van der Waals surface area contributed by atoms with Crippen LogP contribution < -0.4 is 29.6 Å². The maximum absolute atomic E-state index is 8.39. The number of quaternary nitrogens is 1. The first-order valence-electron chi connectivity index (χ1n) is 2.47. The fraction of sp³-hybridized carbons (Fsp3) is 1.00. The van der Waals surface area contributed by atoms with Crippen LogP contribution in [-0.4, -0.2) is 105 Å². The Hall–Kier alpha value is 3.90. The normalized spacial score (nSPS) is 7.00. The molecule has 70 valence electrons. The summed E-state index contributed by atoms with van der Waals surface area (Å²) in [5, 5.41) is 8.39. The van der Waals surface area contributed by atoms with Gasteiger partial charge in [-0.1, -0.05) is 0 Å². The number of nitrogens with zero attached hydrogens (tertiary/aromatic N) is 1. The minimum absolute atomic E-state index is 0. The first-order valence-corrected chi connectivity index (χ1v) is 2.47. The summed E-state index contributed by atoms with van der Waals surface area (Å²) in [6.07, 6.45) is 0. The summed E-state index contributed by atoms with van der Waals surface area (Å²) in [6.45, 7) is 1.11. The fourth-order valence-electron chi connectivity index (χ4n) is 0.300. The summed E-state index contributed by atoms with van der Waals surface area (Å²) in [7, 11) is 6.16. The zero-order valence-electron chi connectivity index (χ0n) is 13.8. The van der Waals surface area contributed by atoms with Gasteiger partial charge in [-0.3, -0.25) is 0 Å². The second kappa shape index (κ2) is 20.3. The molecule has 0 saturated carbocycles. The fourth-order valence-corrected chi connectivity index (χ4v) is 0.300. The topological polar surface area (TPSA) is 20.2 Å². The first-order chi connectivity index (χ1) is 3.06. The van der Waals surface area contributed by atoms with Gasteiger partial charge < -0.3 is 16.7 Å². The van der Waals surface area contributed by atoms with Gasteiger partial charge in [-0.15, -0.1) is 0 Å². The molecule has 12 heavy (non-hydrogen) atoms. The van der Waals surface area contributed by atoms with Crippen molar-refractivity contribution >= 4 is 70.7 Å². The van der Waals surface area contributed by atoms with Crippen LogP contribution >= 0.6 is 9.90 Å². The average Bonchev–Trinajstić information content (AvgIpc) is 1.30. The van der Waals surface area contributed by atoms with Crippen molar-refractivity contribution in [1.82, 2.24) is 0 Å². The van der Waals surface area contributed by atoms with Gasteiger partial charge in [-0.25, -0.2) is 0 Å². The van der Waals surface area contributed by atoms with Gasteiger partial charge in [0.05, 0.1) is 27.7 Å². The van der Waals surface area contributed by atoms with E-state index in [1.807, 2.05) is 0 Å². The molecule has 0 aromatic carbocycles. The van der Waals surface area contributed by atoms with Crippen molar-refractivity contribution in [3.63, 3.8) is 0 Å². The summed E-state index contributed by atoms with van der Waals surface area (Å²) >= 11 is 0. The number of aliphatic hydroxyl groups is 1. The number of hydrogen-bond donors (Lipinski definition) is 1. The van der Waals surface area contributed by atoms with Crippen LogP contribution in [0.3, 0.4) is 0 Å². The molecular formula is C5H22CaFeMgNNaOP+. The minimum atomic E-state index is 0. The molecule has 0 aromatic heterocycles. The molecule has 0 aliphatic rings. The van der Waals surface area contributed by atoms with E-state index in [-0.39, 0.29) is 131 Å². The van der Waals surface area contributed by atoms with Crippen molar-refractivity contribution in [2.75, 3.05) is 34.3 Å². The van der Waals surface area contributed by atoms with Crippen molar-refractivity contribution < 1.29 is 63.3 Å². The van der Waals surface area contributed by atoms with E-state index in [0.29, 0.717) is 0 Å². The summed E-state index contributed by atoms with van der Waals surface area (Å²) < 4.78 is 0.844. The Labute approximate surface area is 166 Å². The molecule has 0 fully saturated rings. The largest absolute Gasteiger partial charge is 2.00 e. The molecular weight excluding hydrogens is 264 g/mol. The van der Waals surface area contributed by atoms with E-state index in [4.69, 9.17) is 5.11 Å². The van der Waals surface area contributed by atoms with Crippen LogP contribution in [0.5, 0.6) is 0 Å². The van der Waals surface area contributed by atoms with Crippen molar-refractivity contribution in [2.45, 2.75) is 0 Å². The Morgan fingerprint density at radius 1 is 1.25 bits per heavy atom. The standard InChI is InChI=1S/C5H14NO.Ca.Fe.Mg.Na.H3P.5H/c1-6(2,3)4-5-7;;;;;;;;;;/h7H,4-5H2,1-3H3;;;;;1H3;;;;;/q+1;+2;;+2;+1;;5*-1. The van der Waals surface area contributed by atoms with Gasteiger partial charge in [-0.2, -0.15) is 9.90 Å². The molecule has 0 spiro atoms. The van der Waals surface area contributed by atoms with Gasteiger partial charge in [0.2, 0.25) is 0 Å². The maximum Gasteiger partial charge on any atom is 2.00 e. The Kier molecular flexibility index (Phi) is 61.0. The van der Waals surface area contributed by atoms with Gasteiger partial charge >= 0.3 is 90.3 Å². The third-order valence-electron chi connectivity index (χ3n) is 0.771. The van der Waals surface area contributed by atoms with Gasteiger partial charge in [0, 0.05) is 17.1 Å². The third-order valence-corrected chi connectivity index (χ3v) is 0.771. The van der Waals surface area contributed by atoms with Gasteiger partial charge in [0.15, 0.2) is 0 Å². The third kappa shape index (κ3) is 37.1. The molecule has 0 radical (unpaired) electrons. The number of aliphatic hydroxyl groups excluding tert-OH is 1. The van der Waals surface area contributed by atoms with E-state index < -0.39 is 0 Å². The molecule has 0 amide bonds. The molecule has 7 heteroatoms. The molecule has 1 atom stereocenters. The number of rotatable bonds is 2. The quantitative estimate of drug-likeness (QED) is 0.318. The first kappa shape index (κ1) is 36.0. The maximum atomic E-state index is 8.39. The minimum Gasteiger partial charge on any atom is -1.00 e. The van der Waals surface area contributed by atoms with Crippen LogP contribution in [0.2, 0.25) is 0 Å². The van der Waals surface area contributed by atoms with Crippen LogP contribution in [0.25, 0.3) is 0 Å². The number of likely N-dealkylation sites (N-methyl/N-ethyl adjacent to an activating group) is 1. The monoisotopic (exact) mass is 286 g/mol. The van der Waals surface area contributed by atoms with Crippen LogP contribution in [0, 0.1) is 0 Å². The summed E-state index contributed by atoms with van der Waals surface area (Å²) in [5.41, 5.74) is 0. The second-order valence-corrected chi connectivity index (χ2v) is 2.74. The van der Waals surface area contributed by atoms with Crippen molar-refractivity contribution in [3.8, 4) is 0 Å². The Bertz CT molecular complexity index is 84.8. The van der Waals surface area contributed by atoms with Crippen molar-refractivity contribution in [1.29, 1.82) is 0 Å².